The lowest BCUT2D eigenvalue weighted by Crippen LogP contribution is -2.24. The van der Waals surface area contributed by atoms with Crippen LogP contribution in [0.3, 0.4) is 0 Å². The van der Waals surface area contributed by atoms with Crippen LogP contribution in [0.1, 0.15) is 26.6 Å². The Morgan fingerprint density at radius 1 is 1.26 bits per heavy atom. The van der Waals surface area contributed by atoms with Crippen LogP contribution in [-0.4, -0.2) is 26.0 Å². The summed E-state index contributed by atoms with van der Waals surface area (Å²) in [5.74, 6) is 0.436. The van der Waals surface area contributed by atoms with E-state index in [1.807, 2.05) is 13.8 Å². The Balaban J connectivity index is 1.66. The highest BCUT2D eigenvalue weighted by Gasteiger charge is 2.19. The van der Waals surface area contributed by atoms with E-state index in [0.29, 0.717) is 26.7 Å². The predicted molar refractivity (Wildman–Crippen MR) is 119 cm³/mol. The topological polar surface area (TPSA) is 108 Å². The zero-order chi connectivity index (χ0) is 22.1. The first kappa shape index (κ1) is 21.0. The number of ketones is 1. The van der Waals surface area contributed by atoms with Crippen LogP contribution in [0.25, 0.3) is 10.2 Å². The number of rotatable bonds is 7. The van der Waals surface area contributed by atoms with Crippen LogP contribution in [0.5, 0.6) is 0 Å². The quantitative estimate of drug-likeness (QED) is 0.132. The molecule has 4 aromatic rings. The van der Waals surface area contributed by atoms with E-state index in [2.05, 4.69) is 4.98 Å². The summed E-state index contributed by atoms with van der Waals surface area (Å²) in [4.78, 5) is 42.5. The van der Waals surface area contributed by atoms with Gasteiger partial charge in [0.15, 0.2) is 10.9 Å². The highest BCUT2D eigenvalue weighted by molar-refractivity contribution is 7.99. The fraction of sp³-hybridized carbons (Fsp3) is 0.190. The summed E-state index contributed by atoms with van der Waals surface area (Å²) in [5, 5.41) is 11.8. The van der Waals surface area contributed by atoms with Crippen LogP contribution in [0.2, 0.25) is 0 Å². The molecule has 4 rings (SSSR count). The second kappa shape index (κ2) is 8.48. The number of nitrogens with zero attached hydrogens (tertiary/aromatic N) is 3. The molecular weight excluding hydrogens is 438 g/mol. The smallest absolute Gasteiger partial charge is 0.269 e. The average molecular weight is 456 g/mol. The number of carbonyl (C=O) groups is 1. The Morgan fingerprint density at radius 2 is 2.00 bits per heavy atom. The lowest BCUT2D eigenvalue weighted by atomic mass is 10.1. The van der Waals surface area contributed by atoms with Gasteiger partial charge in [-0.05, 0) is 43.7 Å². The Morgan fingerprint density at radius 3 is 2.65 bits per heavy atom. The normalized spacial score (nSPS) is 11.2. The van der Waals surface area contributed by atoms with Crippen molar-refractivity contribution in [1.82, 2.24) is 9.55 Å². The van der Waals surface area contributed by atoms with Crippen molar-refractivity contribution in [2.45, 2.75) is 25.5 Å². The lowest BCUT2D eigenvalue weighted by Gasteiger charge is -2.11. The van der Waals surface area contributed by atoms with Crippen LogP contribution >= 0.6 is 23.1 Å². The minimum absolute atomic E-state index is 0.0389. The van der Waals surface area contributed by atoms with Crippen LogP contribution in [0, 0.1) is 24.0 Å². The fourth-order valence-electron chi connectivity index (χ4n) is 3.10. The van der Waals surface area contributed by atoms with Crippen LogP contribution in [0.4, 0.5) is 5.69 Å². The van der Waals surface area contributed by atoms with Crippen molar-refractivity contribution in [1.29, 1.82) is 0 Å². The molecule has 0 amide bonds. The van der Waals surface area contributed by atoms with Crippen LogP contribution < -0.4 is 5.56 Å². The van der Waals surface area contributed by atoms with Gasteiger partial charge in [-0.1, -0.05) is 11.8 Å². The molecule has 0 aliphatic rings. The van der Waals surface area contributed by atoms with E-state index in [1.165, 1.54) is 46.4 Å². The Hall–Kier alpha value is -3.24. The van der Waals surface area contributed by atoms with E-state index < -0.39 is 4.92 Å². The molecule has 0 saturated heterocycles. The first-order chi connectivity index (χ1) is 14.8. The summed E-state index contributed by atoms with van der Waals surface area (Å²) in [6.07, 6.45) is 1.54. The van der Waals surface area contributed by atoms with Crippen molar-refractivity contribution in [3.05, 3.63) is 84.9 Å². The largest absolute Gasteiger partial charge is 0.467 e. The van der Waals surface area contributed by atoms with Gasteiger partial charge in [0.2, 0.25) is 0 Å². The minimum Gasteiger partial charge on any atom is -0.467 e. The highest BCUT2D eigenvalue weighted by atomic mass is 32.2. The van der Waals surface area contributed by atoms with E-state index in [-0.39, 0.29) is 29.3 Å². The third kappa shape index (κ3) is 4.17. The number of thioether (sulfide) groups is 1. The zero-order valence-electron chi connectivity index (χ0n) is 16.7. The molecule has 0 unspecified atom stereocenters. The molecule has 158 valence electrons. The Bertz CT molecular complexity index is 1340. The summed E-state index contributed by atoms with van der Waals surface area (Å²) in [6, 6.07) is 8.98. The number of nitro groups is 1. The number of benzene rings is 1. The molecule has 0 atom stereocenters. The van der Waals surface area contributed by atoms with Crippen molar-refractivity contribution < 1.29 is 14.1 Å². The molecule has 8 nitrogen and oxygen atoms in total. The molecule has 3 aromatic heterocycles. The number of hydrogen-bond donors (Lipinski definition) is 0. The van der Waals surface area contributed by atoms with Crippen molar-refractivity contribution in [3.63, 3.8) is 0 Å². The van der Waals surface area contributed by atoms with Crippen molar-refractivity contribution in [3.8, 4) is 0 Å². The van der Waals surface area contributed by atoms with Gasteiger partial charge in [0.05, 0.1) is 28.9 Å². The molecule has 0 radical (unpaired) electrons. The van der Waals surface area contributed by atoms with E-state index in [1.54, 1.807) is 12.1 Å². The molecule has 0 aliphatic carbocycles. The number of nitro benzene ring substituents is 1. The third-order valence-electron chi connectivity index (χ3n) is 4.88. The van der Waals surface area contributed by atoms with Gasteiger partial charge in [0.25, 0.3) is 11.2 Å². The number of furan rings is 1. The van der Waals surface area contributed by atoms with Gasteiger partial charge >= 0.3 is 0 Å². The molecule has 0 saturated carbocycles. The van der Waals surface area contributed by atoms with Crippen LogP contribution in [0.15, 0.2) is 57.0 Å². The molecule has 1 aromatic carbocycles. The molecule has 0 spiro atoms. The first-order valence-corrected chi connectivity index (χ1v) is 11.1. The maximum absolute atomic E-state index is 13.3. The van der Waals surface area contributed by atoms with Crippen molar-refractivity contribution in [2.75, 3.05) is 5.75 Å². The zero-order valence-corrected chi connectivity index (χ0v) is 18.3. The number of aromatic nitrogens is 2. The molecule has 3 heterocycles. The van der Waals surface area contributed by atoms with E-state index >= 15 is 0 Å². The number of Topliss-reactive ketones (excluding diaryl/α,β-unsaturated/α-hetero) is 1. The molecule has 0 bridgehead atoms. The molecule has 0 N–H and O–H groups in total. The molecule has 0 fully saturated rings. The van der Waals surface area contributed by atoms with Gasteiger partial charge in [0, 0.05) is 22.6 Å². The molecule has 10 heteroatoms. The van der Waals surface area contributed by atoms with Gasteiger partial charge in [-0.15, -0.1) is 11.3 Å². The SMILES string of the molecule is Cc1sc2nc(SCC(=O)c3ccc([N+](=O)[O-])cc3)n(Cc3ccco3)c(=O)c2c1C. The average Bonchev–Trinajstić information content (AvgIpc) is 3.36. The van der Waals surface area contributed by atoms with Crippen LogP contribution in [-0.2, 0) is 6.54 Å². The monoisotopic (exact) mass is 455 g/mol. The minimum atomic E-state index is -0.513. The standard InChI is InChI=1S/C21H17N3O5S2/c1-12-13(2)31-19-18(12)20(26)23(10-16-4-3-9-29-16)21(22-19)30-11-17(25)14-5-7-15(8-6-14)24(27)28/h3-9H,10-11H2,1-2H3. The van der Waals surface area contributed by atoms with Crippen molar-refractivity contribution >= 4 is 44.8 Å². The predicted octanol–water partition coefficient (Wildman–Crippen LogP) is 4.60. The number of non-ortho nitro benzene ring substituents is 1. The Kier molecular flexibility index (Phi) is 5.75. The van der Waals surface area contributed by atoms with Gasteiger partial charge in [0.1, 0.15) is 10.6 Å². The van der Waals surface area contributed by atoms with Gasteiger partial charge < -0.3 is 4.42 Å². The Labute approximate surface area is 184 Å². The third-order valence-corrected chi connectivity index (χ3v) is 6.96. The van der Waals surface area contributed by atoms with E-state index in [0.717, 1.165) is 22.2 Å². The summed E-state index contributed by atoms with van der Waals surface area (Å²) >= 11 is 2.61. The number of fused-ring (bicyclic) bond motifs is 1. The van der Waals surface area contributed by atoms with Crippen molar-refractivity contribution in [2.24, 2.45) is 0 Å². The fourth-order valence-corrected chi connectivity index (χ4v) is 5.06. The number of aryl methyl sites for hydroxylation is 2. The highest BCUT2D eigenvalue weighted by Crippen LogP contribution is 2.29. The van der Waals surface area contributed by atoms with Gasteiger partial charge in [-0.25, -0.2) is 4.98 Å². The molecule has 31 heavy (non-hydrogen) atoms. The molecular formula is C21H17N3O5S2. The lowest BCUT2D eigenvalue weighted by molar-refractivity contribution is -0.384. The number of hydrogen-bond acceptors (Lipinski definition) is 8. The maximum atomic E-state index is 13.3. The van der Waals surface area contributed by atoms with Gasteiger partial charge in [-0.3, -0.25) is 24.3 Å². The number of thiophene rings is 1. The summed E-state index contributed by atoms with van der Waals surface area (Å²) < 4.78 is 6.93. The first-order valence-electron chi connectivity index (χ1n) is 9.28. The number of carbonyl (C=O) groups excluding carboxylic acids is 1. The summed E-state index contributed by atoms with van der Waals surface area (Å²) in [5.41, 5.74) is 1.02. The van der Waals surface area contributed by atoms with E-state index in [9.17, 15) is 19.7 Å². The maximum Gasteiger partial charge on any atom is 0.269 e. The second-order valence-electron chi connectivity index (χ2n) is 6.84. The van der Waals surface area contributed by atoms with Gasteiger partial charge in [-0.2, -0.15) is 0 Å². The molecule has 0 aliphatic heterocycles. The summed E-state index contributed by atoms with van der Waals surface area (Å²) in [7, 11) is 0. The second-order valence-corrected chi connectivity index (χ2v) is 8.99. The summed E-state index contributed by atoms with van der Waals surface area (Å²) in [6.45, 7) is 4.06. The van der Waals surface area contributed by atoms with E-state index in [4.69, 9.17) is 4.42 Å².